The second-order valence-electron chi connectivity index (χ2n) is 5.05. The van der Waals surface area contributed by atoms with E-state index in [1.165, 1.54) is 11.3 Å². The average Bonchev–Trinajstić information content (AvgIpc) is 3.12. The van der Waals surface area contributed by atoms with Crippen LogP contribution < -0.4 is 5.32 Å². The molecule has 1 aliphatic rings. The molecule has 1 saturated carbocycles. The molecule has 2 N–H and O–H groups in total. The van der Waals surface area contributed by atoms with Gasteiger partial charge >= 0.3 is 12.0 Å². The summed E-state index contributed by atoms with van der Waals surface area (Å²) in [5.41, 5.74) is 0. The topological polar surface area (TPSA) is 69.6 Å². The van der Waals surface area contributed by atoms with E-state index in [1.807, 2.05) is 6.07 Å². The van der Waals surface area contributed by atoms with Gasteiger partial charge in [-0.25, -0.2) is 4.79 Å². The first-order valence-corrected chi connectivity index (χ1v) is 7.63. The minimum atomic E-state index is -0.880. The third-order valence-electron chi connectivity index (χ3n) is 3.26. The summed E-state index contributed by atoms with van der Waals surface area (Å²) in [6.45, 7) is 0.466. The maximum atomic E-state index is 12.1. The number of thiophene rings is 1. The van der Waals surface area contributed by atoms with E-state index in [9.17, 15) is 9.59 Å². The largest absolute Gasteiger partial charge is 0.481 e. The number of carboxylic acid groups (broad SMARTS) is 1. The van der Waals surface area contributed by atoms with Crippen LogP contribution in [0.15, 0.2) is 12.1 Å². The summed E-state index contributed by atoms with van der Waals surface area (Å²) < 4.78 is 0.690. The van der Waals surface area contributed by atoms with Crippen LogP contribution in [0, 0.1) is 5.92 Å². The maximum Gasteiger partial charge on any atom is 0.317 e. The highest BCUT2D eigenvalue weighted by molar-refractivity contribution is 7.16. The third-order valence-corrected chi connectivity index (χ3v) is 4.48. The molecule has 2 amide bonds. The van der Waals surface area contributed by atoms with Crippen LogP contribution in [0.25, 0.3) is 0 Å². The van der Waals surface area contributed by atoms with Crippen molar-refractivity contribution in [2.45, 2.75) is 31.8 Å². The number of carbonyl (C=O) groups excluding carboxylic acids is 1. The molecule has 0 aromatic carbocycles. The van der Waals surface area contributed by atoms with Crippen LogP contribution in [0.2, 0.25) is 4.34 Å². The second kappa shape index (κ2) is 6.45. The van der Waals surface area contributed by atoms with E-state index < -0.39 is 5.97 Å². The summed E-state index contributed by atoms with van der Waals surface area (Å²) in [5, 5.41) is 11.7. The van der Waals surface area contributed by atoms with Crippen molar-refractivity contribution in [3.63, 3.8) is 0 Å². The third kappa shape index (κ3) is 4.38. The lowest BCUT2D eigenvalue weighted by atomic mass is 10.1. The zero-order valence-electron chi connectivity index (χ0n) is 11.1. The fraction of sp³-hybridized carbons (Fsp3) is 0.538. The highest BCUT2D eigenvalue weighted by Gasteiger charge is 2.34. The van der Waals surface area contributed by atoms with Gasteiger partial charge < -0.3 is 15.3 Å². The Hall–Kier alpha value is -1.27. The van der Waals surface area contributed by atoms with Gasteiger partial charge in [0.2, 0.25) is 0 Å². The van der Waals surface area contributed by atoms with Crippen LogP contribution >= 0.6 is 22.9 Å². The molecule has 0 saturated heterocycles. The van der Waals surface area contributed by atoms with Crippen LogP contribution in [0.5, 0.6) is 0 Å². The first-order valence-electron chi connectivity index (χ1n) is 6.43. The summed E-state index contributed by atoms with van der Waals surface area (Å²) in [6.07, 6.45) is 1.96. The number of nitrogens with one attached hydrogen (secondary N) is 1. The lowest BCUT2D eigenvalue weighted by molar-refractivity contribution is -0.137. The SMILES string of the molecule is CN(Cc1ccc(Cl)s1)C(=O)NC(CC(=O)O)C1CC1. The highest BCUT2D eigenvalue weighted by Crippen LogP contribution is 2.34. The Morgan fingerprint density at radius 3 is 2.75 bits per heavy atom. The van der Waals surface area contributed by atoms with Gasteiger partial charge in [0.25, 0.3) is 0 Å². The fourth-order valence-corrected chi connectivity index (χ4v) is 3.17. The monoisotopic (exact) mass is 316 g/mol. The van der Waals surface area contributed by atoms with Gasteiger partial charge in [-0.15, -0.1) is 11.3 Å². The number of aliphatic carboxylic acids is 1. The molecule has 2 rings (SSSR count). The summed E-state index contributed by atoms with van der Waals surface area (Å²) in [4.78, 5) is 25.4. The molecule has 1 atom stereocenters. The molecule has 1 heterocycles. The molecular formula is C13H17ClN2O3S. The van der Waals surface area contributed by atoms with Gasteiger partial charge in [0.15, 0.2) is 0 Å². The highest BCUT2D eigenvalue weighted by atomic mass is 35.5. The predicted octanol–water partition coefficient (Wildman–Crippen LogP) is 2.80. The Kier molecular flexibility index (Phi) is 4.88. The molecule has 110 valence electrons. The van der Waals surface area contributed by atoms with Crippen molar-refractivity contribution in [3.05, 3.63) is 21.3 Å². The number of nitrogens with zero attached hydrogens (tertiary/aromatic N) is 1. The van der Waals surface area contributed by atoms with Gasteiger partial charge in [0.1, 0.15) is 0 Å². The molecule has 0 spiro atoms. The van der Waals surface area contributed by atoms with Crippen LogP contribution in [0.1, 0.15) is 24.1 Å². The molecule has 5 nitrogen and oxygen atoms in total. The molecule has 1 aliphatic carbocycles. The first-order chi connectivity index (χ1) is 9.45. The van der Waals surface area contributed by atoms with Crippen LogP contribution in [0.3, 0.4) is 0 Å². The minimum absolute atomic E-state index is 0.0188. The van der Waals surface area contributed by atoms with E-state index >= 15 is 0 Å². The molecule has 1 aromatic rings. The zero-order chi connectivity index (χ0) is 14.7. The number of urea groups is 1. The van der Waals surface area contributed by atoms with E-state index in [-0.39, 0.29) is 18.5 Å². The van der Waals surface area contributed by atoms with E-state index in [0.29, 0.717) is 16.8 Å². The zero-order valence-corrected chi connectivity index (χ0v) is 12.7. The Morgan fingerprint density at radius 2 is 2.25 bits per heavy atom. The molecule has 7 heteroatoms. The van der Waals surface area contributed by atoms with Crippen molar-refractivity contribution >= 4 is 34.9 Å². The molecule has 1 fully saturated rings. The van der Waals surface area contributed by atoms with Crippen molar-refractivity contribution in [2.24, 2.45) is 5.92 Å². The lowest BCUT2D eigenvalue weighted by Crippen LogP contribution is -2.44. The van der Waals surface area contributed by atoms with E-state index in [2.05, 4.69) is 5.32 Å². The number of hydrogen-bond donors (Lipinski definition) is 2. The van der Waals surface area contributed by atoms with Gasteiger partial charge in [0, 0.05) is 18.0 Å². The fourth-order valence-electron chi connectivity index (χ4n) is 2.03. The van der Waals surface area contributed by atoms with Crippen LogP contribution in [-0.2, 0) is 11.3 Å². The Labute approximate surface area is 126 Å². The minimum Gasteiger partial charge on any atom is -0.481 e. The van der Waals surface area contributed by atoms with Crippen molar-refractivity contribution < 1.29 is 14.7 Å². The summed E-state index contributed by atoms with van der Waals surface area (Å²) in [6, 6.07) is 3.17. The van der Waals surface area contributed by atoms with Crippen molar-refractivity contribution in [1.82, 2.24) is 10.2 Å². The summed E-state index contributed by atoms with van der Waals surface area (Å²) in [5.74, 6) is -0.575. The van der Waals surface area contributed by atoms with Gasteiger partial charge in [-0.2, -0.15) is 0 Å². The van der Waals surface area contributed by atoms with Crippen molar-refractivity contribution in [3.8, 4) is 0 Å². The molecule has 0 aliphatic heterocycles. The van der Waals surface area contributed by atoms with Crippen molar-refractivity contribution in [2.75, 3.05) is 7.05 Å². The number of amides is 2. The molecule has 1 aromatic heterocycles. The molecular weight excluding hydrogens is 300 g/mol. The number of hydrogen-bond acceptors (Lipinski definition) is 3. The van der Waals surface area contributed by atoms with E-state index in [4.69, 9.17) is 16.7 Å². The van der Waals surface area contributed by atoms with Crippen LogP contribution in [-0.4, -0.2) is 35.1 Å². The maximum absolute atomic E-state index is 12.1. The molecule has 20 heavy (non-hydrogen) atoms. The quantitative estimate of drug-likeness (QED) is 0.848. The van der Waals surface area contributed by atoms with Gasteiger partial charge in [0.05, 0.1) is 17.3 Å². The molecule has 0 radical (unpaired) electrons. The lowest BCUT2D eigenvalue weighted by Gasteiger charge is -2.22. The normalized spacial score (nSPS) is 15.7. The number of carbonyl (C=O) groups is 2. The summed E-state index contributed by atoms with van der Waals surface area (Å²) >= 11 is 7.28. The standard InChI is InChI=1S/C13H17ClN2O3S/c1-16(7-9-4-5-11(14)20-9)13(19)15-10(6-12(17)18)8-2-3-8/h4-5,8,10H,2-3,6-7H2,1H3,(H,15,19)(H,17,18). The van der Waals surface area contributed by atoms with Gasteiger partial charge in [-0.05, 0) is 30.9 Å². The first kappa shape index (κ1) is 15.1. The molecule has 0 bridgehead atoms. The van der Waals surface area contributed by atoms with Crippen molar-refractivity contribution in [1.29, 1.82) is 0 Å². The molecule has 1 unspecified atom stereocenters. The Bertz CT molecular complexity index is 502. The average molecular weight is 317 g/mol. The second-order valence-corrected chi connectivity index (χ2v) is 6.85. The van der Waals surface area contributed by atoms with Crippen LogP contribution in [0.4, 0.5) is 4.79 Å². The van der Waals surface area contributed by atoms with E-state index in [1.54, 1.807) is 18.0 Å². The number of halogens is 1. The predicted molar refractivity (Wildman–Crippen MR) is 78.1 cm³/mol. The smallest absolute Gasteiger partial charge is 0.317 e. The van der Waals surface area contributed by atoms with Gasteiger partial charge in [-0.1, -0.05) is 11.6 Å². The summed E-state index contributed by atoms with van der Waals surface area (Å²) in [7, 11) is 1.69. The number of carboxylic acids is 1. The number of rotatable bonds is 6. The van der Waals surface area contributed by atoms with E-state index in [0.717, 1.165) is 17.7 Å². The Morgan fingerprint density at radius 1 is 1.55 bits per heavy atom. The van der Waals surface area contributed by atoms with Gasteiger partial charge in [-0.3, -0.25) is 4.79 Å². The Balaban J connectivity index is 1.87.